The van der Waals surface area contributed by atoms with Crippen molar-refractivity contribution in [2.45, 2.75) is 24.2 Å². The number of rotatable bonds is 5. The first-order valence-corrected chi connectivity index (χ1v) is 9.38. The van der Waals surface area contributed by atoms with E-state index in [-0.39, 0.29) is 23.1 Å². The average molecular weight is 352 g/mol. The van der Waals surface area contributed by atoms with Crippen LogP contribution >= 0.6 is 11.6 Å². The quantitative estimate of drug-likeness (QED) is 0.889. The summed E-state index contributed by atoms with van der Waals surface area (Å²) < 4.78 is 23.2. The summed E-state index contributed by atoms with van der Waals surface area (Å²) in [4.78, 5) is 12.3. The van der Waals surface area contributed by atoms with E-state index < -0.39 is 9.84 Å². The van der Waals surface area contributed by atoms with Gasteiger partial charge >= 0.3 is 0 Å². The van der Waals surface area contributed by atoms with Gasteiger partial charge in [0.25, 0.3) is 0 Å². The minimum Gasteiger partial charge on any atom is -0.325 e. The highest BCUT2D eigenvalue weighted by Gasteiger charge is 2.15. The van der Waals surface area contributed by atoms with Crippen LogP contribution in [-0.2, 0) is 14.6 Å². The summed E-state index contributed by atoms with van der Waals surface area (Å²) in [5.74, 6) is -0.165. The zero-order valence-corrected chi connectivity index (χ0v) is 14.5. The maximum Gasteiger partial charge on any atom is 0.225 e. The van der Waals surface area contributed by atoms with Crippen molar-refractivity contribution in [2.75, 3.05) is 11.6 Å². The average Bonchev–Trinajstić information content (AvgIpc) is 2.49. The van der Waals surface area contributed by atoms with Gasteiger partial charge in [-0.3, -0.25) is 4.79 Å². The van der Waals surface area contributed by atoms with Gasteiger partial charge in [0.05, 0.1) is 15.6 Å². The van der Waals surface area contributed by atoms with Crippen molar-refractivity contribution < 1.29 is 13.2 Å². The molecule has 0 heterocycles. The second kappa shape index (κ2) is 7.15. The number of hydrogen-bond donors (Lipinski definition) is 1. The van der Waals surface area contributed by atoms with Crippen molar-refractivity contribution in [3.05, 3.63) is 59.1 Å². The fourth-order valence-electron chi connectivity index (χ4n) is 2.21. The van der Waals surface area contributed by atoms with Gasteiger partial charge in [0.15, 0.2) is 9.84 Å². The summed E-state index contributed by atoms with van der Waals surface area (Å²) in [5, 5.41) is 2.99. The predicted octanol–water partition coefficient (Wildman–Crippen LogP) is 3.88. The van der Waals surface area contributed by atoms with Crippen molar-refractivity contribution in [3.63, 3.8) is 0 Å². The first-order chi connectivity index (χ1) is 10.8. The standard InChI is InChI=1S/C17H18ClNO3S/c1-12(13-6-4-3-5-7-13)10-17(20)19-16-11-14(23(2,21)22)8-9-15(16)18/h3-9,11-12H,10H2,1-2H3,(H,19,20). The molecule has 2 aromatic carbocycles. The van der Waals surface area contributed by atoms with E-state index >= 15 is 0 Å². The molecule has 4 nitrogen and oxygen atoms in total. The van der Waals surface area contributed by atoms with E-state index in [0.717, 1.165) is 11.8 Å². The number of halogens is 1. The van der Waals surface area contributed by atoms with E-state index in [1.54, 1.807) is 0 Å². The SMILES string of the molecule is CC(CC(=O)Nc1cc(S(C)(=O)=O)ccc1Cl)c1ccccc1. The Labute approximate surface area is 141 Å². The zero-order chi connectivity index (χ0) is 17.0. The van der Waals surface area contributed by atoms with Crippen LogP contribution in [-0.4, -0.2) is 20.6 Å². The highest BCUT2D eigenvalue weighted by atomic mass is 35.5. The van der Waals surface area contributed by atoms with Crippen molar-refractivity contribution in [2.24, 2.45) is 0 Å². The van der Waals surface area contributed by atoms with Crippen molar-refractivity contribution in [1.82, 2.24) is 0 Å². The largest absolute Gasteiger partial charge is 0.325 e. The van der Waals surface area contributed by atoms with Crippen LogP contribution in [0.2, 0.25) is 5.02 Å². The summed E-state index contributed by atoms with van der Waals surface area (Å²) >= 11 is 6.03. The molecule has 1 unspecified atom stereocenters. The predicted molar refractivity (Wildman–Crippen MR) is 92.7 cm³/mol. The first-order valence-electron chi connectivity index (χ1n) is 7.12. The van der Waals surface area contributed by atoms with E-state index in [9.17, 15) is 13.2 Å². The number of anilines is 1. The minimum absolute atomic E-state index is 0.0491. The molecule has 0 bridgehead atoms. The van der Waals surface area contributed by atoms with Gasteiger partial charge in [-0.15, -0.1) is 0 Å². The number of carbonyl (C=O) groups excluding carboxylic acids is 1. The molecule has 0 aromatic heterocycles. The van der Waals surface area contributed by atoms with Gasteiger partial charge in [-0.2, -0.15) is 0 Å². The van der Waals surface area contributed by atoms with Crippen LogP contribution in [0.3, 0.4) is 0 Å². The molecule has 6 heteroatoms. The van der Waals surface area contributed by atoms with Crippen molar-refractivity contribution in [3.8, 4) is 0 Å². The van der Waals surface area contributed by atoms with Crippen LogP contribution in [0.1, 0.15) is 24.8 Å². The van der Waals surface area contributed by atoms with Crippen LogP contribution in [0.5, 0.6) is 0 Å². The van der Waals surface area contributed by atoms with E-state index in [1.807, 2.05) is 37.3 Å². The van der Waals surface area contributed by atoms with Crippen LogP contribution < -0.4 is 5.32 Å². The Morgan fingerprint density at radius 3 is 2.43 bits per heavy atom. The number of benzene rings is 2. The Morgan fingerprint density at radius 1 is 1.17 bits per heavy atom. The summed E-state index contributed by atoms with van der Waals surface area (Å²) in [6, 6.07) is 14.0. The Kier molecular flexibility index (Phi) is 5.44. The summed E-state index contributed by atoms with van der Waals surface area (Å²) in [6.07, 6.45) is 1.39. The normalized spacial score (nSPS) is 12.7. The molecule has 122 valence electrons. The highest BCUT2D eigenvalue weighted by molar-refractivity contribution is 7.90. The third-order valence-corrected chi connectivity index (χ3v) is 4.94. The second-order valence-corrected chi connectivity index (χ2v) is 7.90. The summed E-state index contributed by atoms with van der Waals surface area (Å²) in [6.45, 7) is 1.96. The molecule has 1 amide bonds. The van der Waals surface area contributed by atoms with Gasteiger partial charge in [-0.25, -0.2) is 8.42 Å². The molecule has 0 spiro atoms. The first kappa shape index (κ1) is 17.5. The number of hydrogen-bond acceptors (Lipinski definition) is 3. The van der Waals surface area contributed by atoms with Gasteiger partial charge < -0.3 is 5.32 Å². The molecular formula is C17H18ClNO3S. The molecule has 1 N–H and O–H groups in total. The van der Waals surface area contributed by atoms with E-state index in [2.05, 4.69) is 5.32 Å². The molecule has 2 rings (SSSR count). The Hall–Kier alpha value is -1.85. The second-order valence-electron chi connectivity index (χ2n) is 5.48. The lowest BCUT2D eigenvalue weighted by molar-refractivity contribution is -0.116. The lowest BCUT2D eigenvalue weighted by atomic mass is 9.97. The van der Waals surface area contributed by atoms with Gasteiger partial charge in [0, 0.05) is 12.7 Å². The molecule has 0 aliphatic carbocycles. The Balaban J connectivity index is 2.11. The van der Waals surface area contributed by atoms with Crippen LogP contribution in [0.15, 0.2) is 53.4 Å². The minimum atomic E-state index is -3.35. The molecule has 0 aliphatic heterocycles. The number of carbonyl (C=O) groups is 1. The van der Waals surface area contributed by atoms with Gasteiger partial charge in [-0.05, 0) is 29.7 Å². The monoisotopic (exact) mass is 351 g/mol. The fourth-order valence-corrected chi connectivity index (χ4v) is 3.02. The smallest absolute Gasteiger partial charge is 0.225 e. The molecule has 0 saturated heterocycles. The van der Waals surface area contributed by atoms with Gasteiger partial charge in [0.2, 0.25) is 5.91 Å². The maximum atomic E-state index is 12.2. The lowest BCUT2D eigenvalue weighted by Crippen LogP contribution is -2.15. The van der Waals surface area contributed by atoms with E-state index in [0.29, 0.717) is 10.7 Å². The molecular weight excluding hydrogens is 334 g/mol. The fraction of sp³-hybridized carbons (Fsp3) is 0.235. The van der Waals surface area contributed by atoms with Crippen LogP contribution in [0.4, 0.5) is 5.69 Å². The van der Waals surface area contributed by atoms with Crippen LogP contribution in [0, 0.1) is 0 Å². The number of sulfone groups is 1. The molecule has 0 saturated carbocycles. The lowest BCUT2D eigenvalue weighted by Gasteiger charge is -2.13. The Morgan fingerprint density at radius 2 is 1.83 bits per heavy atom. The number of nitrogens with one attached hydrogen (secondary N) is 1. The molecule has 0 radical (unpaired) electrons. The molecule has 1 atom stereocenters. The molecule has 23 heavy (non-hydrogen) atoms. The van der Waals surface area contributed by atoms with Gasteiger partial charge in [0.1, 0.15) is 0 Å². The maximum absolute atomic E-state index is 12.2. The molecule has 2 aromatic rings. The molecule has 0 aliphatic rings. The van der Waals surface area contributed by atoms with Crippen molar-refractivity contribution >= 4 is 33.0 Å². The third-order valence-electron chi connectivity index (χ3n) is 3.50. The van der Waals surface area contributed by atoms with Gasteiger partial charge in [-0.1, -0.05) is 48.9 Å². The highest BCUT2D eigenvalue weighted by Crippen LogP contribution is 2.26. The topological polar surface area (TPSA) is 63.2 Å². The van der Waals surface area contributed by atoms with E-state index in [4.69, 9.17) is 11.6 Å². The summed E-state index contributed by atoms with van der Waals surface area (Å²) in [5.41, 5.74) is 1.37. The summed E-state index contributed by atoms with van der Waals surface area (Å²) in [7, 11) is -3.35. The van der Waals surface area contributed by atoms with E-state index in [1.165, 1.54) is 18.2 Å². The van der Waals surface area contributed by atoms with Crippen LogP contribution in [0.25, 0.3) is 0 Å². The Bertz CT molecular complexity index is 804. The zero-order valence-electron chi connectivity index (χ0n) is 12.9. The third kappa shape index (κ3) is 4.81. The molecule has 0 fully saturated rings. The number of amides is 1. The van der Waals surface area contributed by atoms with Crippen molar-refractivity contribution in [1.29, 1.82) is 0 Å².